The monoisotopic (exact) mass is 205 g/mol. The number of ether oxygens (including phenoxy) is 1. The zero-order valence-corrected chi connectivity index (χ0v) is 9.03. The average molecular weight is 205 g/mol. The van der Waals surface area contributed by atoms with Crippen LogP contribution in [0.3, 0.4) is 0 Å². The van der Waals surface area contributed by atoms with Crippen LogP contribution in [0.4, 0.5) is 11.4 Å². The predicted octanol–water partition coefficient (Wildman–Crippen LogP) is 1.55. The molecule has 1 N–H and O–H groups in total. The number of hydrogen-bond acceptors (Lipinski definition) is 4. The first-order chi connectivity index (χ1) is 7.25. The first-order valence-electron chi connectivity index (χ1n) is 4.97. The van der Waals surface area contributed by atoms with Gasteiger partial charge in [-0.2, -0.15) is 0 Å². The summed E-state index contributed by atoms with van der Waals surface area (Å²) >= 11 is 0. The van der Waals surface area contributed by atoms with E-state index in [-0.39, 0.29) is 0 Å². The highest BCUT2D eigenvalue weighted by Crippen LogP contribution is 2.16. The van der Waals surface area contributed by atoms with Gasteiger partial charge >= 0.3 is 0 Å². The predicted molar refractivity (Wildman–Crippen MR) is 62.6 cm³/mol. The van der Waals surface area contributed by atoms with Gasteiger partial charge in [-0.15, -0.1) is 0 Å². The summed E-state index contributed by atoms with van der Waals surface area (Å²) in [6.45, 7) is 1.43. The number of amidine groups is 1. The number of nitrogens with zero attached hydrogens (tertiary/aromatic N) is 2. The molecule has 80 valence electrons. The third-order valence-corrected chi connectivity index (χ3v) is 2.22. The van der Waals surface area contributed by atoms with E-state index in [4.69, 9.17) is 4.74 Å². The third-order valence-electron chi connectivity index (χ3n) is 2.22. The summed E-state index contributed by atoms with van der Waals surface area (Å²) in [6, 6.07) is 8.75. The van der Waals surface area contributed by atoms with Crippen molar-refractivity contribution in [1.82, 2.24) is 0 Å². The van der Waals surface area contributed by atoms with Crippen molar-refractivity contribution < 1.29 is 4.74 Å². The molecule has 0 radical (unpaired) electrons. The highest BCUT2D eigenvalue weighted by atomic mass is 16.5. The van der Waals surface area contributed by atoms with Crippen molar-refractivity contribution in [3.05, 3.63) is 24.3 Å². The Balaban J connectivity index is 2.03. The molecule has 0 aromatic heterocycles. The summed E-state index contributed by atoms with van der Waals surface area (Å²) < 4.78 is 5.26. The number of rotatable bonds is 2. The first-order valence-corrected chi connectivity index (χ1v) is 4.97. The molecule has 0 spiro atoms. The topological polar surface area (TPSA) is 36.9 Å². The van der Waals surface area contributed by atoms with Crippen molar-refractivity contribution in [2.75, 3.05) is 37.5 Å². The fraction of sp³-hybridized carbons (Fsp3) is 0.364. The molecule has 2 rings (SSSR count). The summed E-state index contributed by atoms with van der Waals surface area (Å²) in [6.07, 6.45) is 0. The summed E-state index contributed by atoms with van der Waals surface area (Å²) in [4.78, 5) is 6.22. The molecule has 0 bridgehead atoms. The van der Waals surface area contributed by atoms with E-state index in [9.17, 15) is 0 Å². The molecular weight excluding hydrogens is 190 g/mol. The first kappa shape index (κ1) is 9.83. The van der Waals surface area contributed by atoms with Crippen molar-refractivity contribution in [2.45, 2.75) is 0 Å². The van der Waals surface area contributed by atoms with Crippen molar-refractivity contribution in [2.24, 2.45) is 4.99 Å². The molecule has 1 aromatic rings. The molecule has 0 amide bonds. The lowest BCUT2D eigenvalue weighted by Crippen LogP contribution is -2.12. The number of hydrogen-bond donors (Lipinski definition) is 1. The summed E-state index contributed by atoms with van der Waals surface area (Å²) in [7, 11) is 4.04. The number of benzene rings is 1. The molecule has 0 fully saturated rings. The van der Waals surface area contributed by atoms with Crippen LogP contribution >= 0.6 is 0 Å². The van der Waals surface area contributed by atoms with Crippen LogP contribution in [-0.2, 0) is 4.74 Å². The minimum absolute atomic E-state index is 0.618. The van der Waals surface area contributed by atoms with Crippen molar-refractivity contribution in [3.63, 3.8) is 0 Å². The van der Waals surface area contributed by atoms with Crippen LogP contribution in [0.25, 0.3) is 0 Å². The van der Waals surface area contributed by atoms with Crippen LogP contribution in [0.2, 0.25) is 0 Å². The maximum Gasteiger partial charge on any atom is 0.289 e. The number of aliphatic imine (C=N–C) groups is 1. The molecule has 15 heavy (non-hydrogen) atoms. The molecule has 1 heterocycles. The molecule has 1 aliphatic rings. The molecule has 4 heteroatoms. The molecule has 4 nitrogen and oxygen atoms in total. The highest BCUT2D eigenvalue weighted by Gasteiger charge is 2.06. The van der Waals surface area contributed by atoms with Crippen LogP contribution in [-0.4, -0.2) is 33.3 Å². The quantitative estimate of drug-likeness (QED) is 0.796. The van der Waals surface area contributed by atoms with Crippen molar-refractivity contribution in [3.8, 4) is 0 Å². The van der Waals surface area contributed by atoms with Gasteiger partial charge in [-0.1, -0.05) is 0 Å². The second-order valence-electron chi connectivity index (χ2n) is 3.60. The molecule has 1 aromatic carbocycles. The van der Waals surface area contributed by atoms with Crippen molar-refractivity contribution in [1.29, 1.82) is 0 Å². The Hall–Kier alpha value is -1.71. The van der Waals surface area contributed by atoms with Gasteiger partial charge in [0.2, 0.25) is 0 Å². The molecule has 0 aliphatic carbocycles. The van der Waals surface area contributed by atoms with Crippen LogP contribution in [0.15, 0.2) is 29.3 Å². The van der Waals surface area contributed by atoms with E-state index in [1.807, 2.05) is 26.2 Å². The maximum atomic E-state index is 5.26. The lowest BCUT2D eigenvalue weighted by molar-refractivity contribution is 0.346. The second-order valence-corrected chi connectivity index (χ2v) is 3.60. The van der Waals surface area contributed by atoms with Gasteiger partial charge < -0.3 is 15.0 Å². The van der Waals surface area contributed by atoms with Gasteiger partial charge in [0.05, 0.1) is 6.54 Å². The largest absolute Gasteiger partial charge is 0.463 e. The van der Waals surface area contributed by atoms with Gasteiger partial charge in [-0.3, -0.25) is 0 Å². The summed E-state index contributed by atoms with van der Waals surface area (Å²) in [5, 5.41) is 3.12. The summed E-state index contributed by atoms with van der Waals surface area (Å²) in [5.74, 6) is 0. The van der Waals surface area contributed by atoms with Crippen LogP contribution in [0, 0.1) is 0 Å². The maximum absolute atomic E-state index is 5.26. The van der Waals surface area contributed by atoms with E-state index in [1.165, 1.54) is 5.69 Å². The lowest BCUT2D eigenvalue weighted by Gasteiger charge is -2.13. The van der Waals surface area contributed by atoms with Gasteiger partial charge in [0.25, 0.3) is 6.02 Å². The lowest BCUT2D eigenvalue weighted by atomic mass is 10.2. The van der Waals surface area contributed by atoms with E-state index in [1.54, 1.807) is 0 Å². The van der Waals surface area contributed by atoms with Gasteiger partial charge in [-0.25, -0.2) is 4.99 Å². The molecular formula is C11H15N3O. The minimum atomic E-state index is 0.618. The highest BCUT2D eigenvalue weighted by molar-refractivity contribution is 5.89. The van der Waals surface area contributed by atoms with E-state index in [2.05, 4.69) is 27.3 Å². The molecule has 1 aliphatic heterocycles. The second kappa shape index (κ2) is 4.21. The van der Waals surface area contributed by atoms with E-state index < -0.39 is 0 Å². The standard InChI is InChI=1S/C11H15N3O/c1-14(2)10-5-3-9(4-6-10)13-11-12-7-8-15-11/h3-6H,7-8H2,1-2H3,(H,12,13). The van der Waals surface area contributed by atoms with Crippen molar-refractivity contribution >= 4 is 17.4 Å². The van der Waals surface area contributed by atoms with E-state index in [0.29, 0.717) is 12.6 Å². The fourth-order valence-corrected chi connectivity index (χ4v) is 1.38. The van der Waals surface area contributed by atoms with E-state index >= 15 is 0 Å². The Morgan fingerprint density at radius 2 is 2.00 bits per heavy atom. The number of anilines is 2. The third kappa shape index (κ3) is 2.40. The average Bonchev–Trinajstić information content (AvgIpc) is 2.71. The van der Waals surface area contributed by atoms with Gasteiger partial charge in [-0.05, 0) is 24.3 Å². The normalized spacial score (nSPS) is 14.4. The Morgan fingerprint density at radius 3 is 2.53 bits per heavy atom. The van der Waals surface area contributed by atoms with Crippen LogP contribution in [0.1, 0.15) is 0 Å². The number of nitrogens with one attached hydrogen (secondary N) is 1. The van der Waals surface area contributed by atoms with Crippen LogP contribution in [0.5, 0.6) is 0 Å². The Kier molecular flexibility index (Phi) is 2.76. The zero-order valence-electron chi connectivity index (χ0n) is 9.03. The Morgan fingerprint density at radius 1 is 1.27 bits per heavy atom. The van der Waals surface area contributed by atoms with E-state index in [0.717, 1.165) is 12.2 Å². The van der Waals surface area contributed by atoms with Gasteiger partial charge in [0, 0.05) is 25.5 Å². The SMILES string of the molecule is CN(C)c1ccc(NC2=NCCO2)cc1. The Labute approximate surface area is 89.6 Å². The fourth-order valence-electron chi connectivity index (χ4n) is 1.38. The van der Waals surface area contributed by atoms with Gasteiger partial charge in [0.1, 0.15) is 6.61 Å². The zero-order chi connectivity index (χ0) is 10.7. The smallest absolute Gasteiger partial charge is 0.289 e. The summed E-state index contributed by atoms with van der Waals surface area (Å²) in [5.41, 5.74) is 2.18. The van der Waals surface area contributed by atoms with Crippen LogP contribution < -0.4 is 10.2 Å². The minimum Gasteiger partial charge on any atom is -0.463 e. The molecule has 0 saturated heterocycles. The molecule has 0 unspecified atom stereocenters. The Bertz CT molecular complexity index is 357. The molecule has 0 saturated carbocycles. The molecule has 0 atom stereocenters. The van der Waals surface area contributed by atoms with Gasteiger partial charge in [0.15, 0.2) is 0 Å².